The van der Waals surface area contributed by atoms with Gasteiger partial charge in [0.15, 0.2) is 0 Å². The van der Waals surface area contributed by atoms with Crippen LogP contribution in [0.15, 0.2) is 18.2 Å². The van der Waals surface area contributed by atoms with Crippen molar-refractivity contribution in [1.29, 1.82) is 0 Å². The van der Waals surface area contributed by atoms with E-state index in [-0.39, 0.29) is 11.9 Å². The molecule has 0 aliphatic rings. The quantitative estimate of drug-likeness (QED) is 0.724. The summed E-state index contributed by atoms with van der Waals surface area (Å²) >= 11 is 0. The van der Waals surface area contributed by atoms with E-state index in [2.05, 4.69) is 5.32 Å². The molecule has 1 atom stereocenters. The lowest BCUT2D eigenvalue weighted by Gasteiger charge is -2.18. The Labute approximate surface area is 108 Å². The largest absolute Gasteiger partial charge is 0.496 e. The number of rotatable bonds is 8. The van der Waals surface area contributed by atoms with Gasteiger partial charge in [0.2, 0.25) is 0 Å². The zero-order chi connectivity index (χ0) is 13.4. The monoisotopic (exact) mass is 255 g/mol. The lowest BCUT2D eigenvalue weighted by atomic mass is 10.1. The van der Waals surface area contributed by atoms with Crippen LogP contribution in [0.4, 0.5) is 4.39 Å². The molecule has 102 valence electrons. The van der Waals surface area contributed by atoms with Gasteiger partial charge in [-0.25, -0.2) is 4.39 Å². The molecule has 1 unspecified atom stereocenters. The van der Waals surface area contributed by atoms with Gasteiger partial charge < -0.3 is 14.8 Å². The van der Waals surface area contributed by atoms with Gasteiger partial charge in [-0.15, -0.1) is 0 Å². The van der Waals surface area contributed by atoms with E-state index in [9.17, 15) is 4.39 Å². The Balaban J connectivity index is 2.53. The molecular weight excluding hydrogens is 233 g/mol. The van der Waals surface area contributed by atoms with Crippen molar-refractivity contribution in [3.05, 3.63) is 29.6 Å². The Hall–Kier alpha value is -1.13. The van der Waals surface area contributed by atoms with Gasteiger partial charge in [0.1, 0.15) is 11.6 Å². The Bertz CT molecular complexity index is 358. The third-order valence-electron chi connectivity index (χ3n) is 2.89. The minimum absolute atomic E-state index is 0.0660. The van der Waals surface area contributed by atoms with E-state index in [4.69, 9.17) is 9.47 Å². The third kappa shape index (κ3) is 4.27. The second-order valence-electron chi connectivity index (χ2n) is 4.23. The molecule has 0 aliphatic carbocycles. The summed E-state index contributed by atoms with van der Waals surface area (Å²) in [6, 6.07) is 4.83. The van der Waals surface area contributed by atoms with E-state index in [0.717, 1.165) is 26.0 Å². The molecule has 1 aromatic rings. The molecule has 0 bridgehead atoms. The van der Waals surface area contributed by atoms with Crippen LogP contribution in [-0.2, 0) is 4.74 Å². The molecule has 0 spiro atoms. The topological polar surface area (TPSA) is 30.5 Å². The van der Waals surface area contributed by atoms with Gasteiger partial charge in [0.05, 0.1) is 7.11 Å². The van der Waals surface area contributed by atoms with Crippen LogP contribution < -0.4 is 10.1 Å². The first-order chi connectivity index (χ1) is 8.70. The van der Waals surface area contributed by atoms with Crippen LogP contribution in [0.1, 0.15) is 31.4 Å². The fourth-order valence-corrected chi connectivity index (χ4v) is 1.91. The van der Waals surface area contributed by atoms with Crippen molar-refractivity contribution in [3.63, 3.8) is 0 Å². The molecule has 0 saturated heterocycles. The molecular formula is C14H22FNO2. The van der Waals surface area contributed by atoms with Crippen LogP contribution in [0.5, 0.6) is 5.75 Å². The number of unbranched alkanes of at least 4 members (excludes halogenated alkanes) is 1. The van der Waals surface area contributed by atoms with Crippen molar-refractivity contribution in [2.75, 3.05) is 27.4 Å². The standard InChI is InChI=1S/C14H22FNO2/c1-11(16-9-4-5-10-17-2)14-12(15)7-6-8-13(14)18-3/h6-8,11,16H,4-5,9-10H2,1-3H3. The summed E-state index contributed by atoms with van der Waals surface area (Å²) in [6.45, 7) is 3.54. The maximum atomic E-state index is 13.8. The Morgan fingerprint density at radius 3 is 2.72 bits per heavy atom. The summed E-state index contributed by atoms with van der Waals surface area (Å²) in [5.41, 5.74) is 0.590. The molecule has 0 heterocycles. The number of ether oxygens (including phenoxy) is 2. The summed E-state index contributed by atoms with van der Waals surface area (Å²) in [6.07, 6.45) is 2.01. The zero-order valence-electron chi connectivity index (χ0n) is 11.3. The van der Waals surface area contributed by atoms with E-state index in [0.29, 0.717) is 11.3 Å². The summed E-state index contributed by atoms with van der Waals surface area (Å²) in [7, 11) is 3.25. The average molecular weight is 255 g/mol. The second-order valence-corrected chi connectivity index (χ2v) is 4.23. The molecule has 18 heavy (non-hydrogen) atoms. The second kappa shape index (κ2) is 8.06. The predicted octanol–water partition coefficient (Wildman–Crippen LogP) is 2.91. The first kappa shape index (κ1) is 14.9. The number of nitrogens with one attached hydrogen (secondary N) is 1. The van der Waals surface area contributed by atoms with Gasteiger partial charge in [-0.05, 0) is 38.4 Å². The molecule has 0 radical (unpaired) electrons. The van der Waals surface area contributed by atoms with Gasteiger partial charge in [-0.2, -0.15) is 0 Å². The van der Waals surface area contributed by atoms with Crippen LogP contribution in [0.2, 0.25) is 0 Å². The van der Waals surface area contributed by atoms with Gasteiger partial charge in [-0.1, -0.05) is 6.07 Å². The Morgan fingerprint density at radius 1 is 1.28 bits per heavy atom. The van der Waals surface area contributed by atoms with Crippen molar-refractivity contribution >= 4 is 0 Å². The van der Waals surface area contributed by atoms with Gasteiger partial charge in [0, 0.05) is 25.3 Å². The van der Waals surface area contributed by atoms with Crippen LogP contribution in [0, 0.1) is 5.82 Å². The molecule has 0 aromatic heterocycles. The molecule has 1 aromatic carbocycles. The minimum atomic E-state index is -0.230. The van der Waals surface area contributed by atoms with Crippen LogP contribution in [-0.4, -0.2) is 27.4 Å². The third-order valence-corrected chi connectivity index (χ3v) is 2.89. The van der Waals surface area contributed by atoms with Crippen LogP contribution in [0.3, 0.4) is 0 Å². The van der Waals surface area contributed by atoms with Crippen LogP contribution >= 0.6 is 0 Å². The molecule has 4 heteroatoms. The fraction of sp³-hybridized carbons (Fsp3) is 0.571. The molecule has 0 aliphatic heterocycles. The van der Waals surface area contributed by atoms with Crippen molar-refractivity contribution in [3.8, 4) is 5.75 Å². The lowest BCUT2D eigenvalue weighted by Crippen LogP contribution is -2.21. The van der Waals surface area contributed by atoms with E-state index >= 15 is 0 Å². The normalized spacial score (nSPS) is 12.4. The number of hydrogen-bond donors (Lipinski definition) is 1. The van der Waals surface area contributed by atoms with Gasteiger partial charge >= 0.3 is 0 Å². The molecule has 0 saturated carbocycles. The number of methoxy groups -OCH3 is 2. The Kier molecular flexibility index (Phi) is 6.68. The number of hydrogen-bond acceptors (Lipinski definition) is 3. The smallest absolute Gasteiger partial charge is 0.131 e. The predicted molar refractivity (Wildman–Crippen MR) is 70.5 cm³/mol. The summed E-state index contributed by atoms with van der Waals surface area (Å²) in [5.74, 6) is 0.359. The highest BCUT2D eigenvalue weighted by Gasteiger charge is 2.15. The molecule has 0 fully saturated rings. The highest BCUT2D eigenvalue weighted by molar-refractivity contribution is 5.36. The molecule has 1 N–H and O–H groups in total. The summed E-state index contributed by atoms with van der Waals surface area (Å²) in [4.78, 5) is 0. The maximum Gasteiger partial charge on any atom is 0.131 e. The maximum absolute atomic E-state index is 13.8. The van der Waals surface area contributed by atoms with Crippen molar-refractivity contribution in [2.45, 2.75) is 25.8 Å². The van der Waals surface area contributed by atoms with E-state index in [1.165, 1.54) is 6.07 Å². The van der Waals surface area contributed by atoms with Crippen molar-refractivity contribution < 1.29 is 13.9 Å². The van der Waals surface area contributed by atoms with E-state index in [1.807, 2.05) is 6.92 Å². The van der Waals surface area contributed by atoms with E-state index in [1.54, 1.807) is 26.4 Å². The number of halogens is 1. The first-order valence-corrected chi connectivity index (χ1v) is 6.25. The SMILES string of the molecule is COCCCCNC(C)c1c(F)cccc1OC. The van der Waals surface area contributed by atoms with E-state index < -0.39 is 0 Å². The molecule has 1 rings (SSSR count). The minimum Gasteiger partial charge on any atom is -0.496 e. The van der Waals surface area contributed by atoms with Crippen molar-refractivity contribution in [1.82, 2.24) is 5.32 Å². The highest BCUT2D eigenvalue weighted by Crippen LogP contribution is 2.27. The van der Waals surface area contributed by atoms with Gasteiger partial charge in [0.25, 0.3) is 0 Å². The average Bonchev–Trinajstić information content (AvgIpc) is 2.37. The summed E-state index contributed by atoms with van der Waals surface area (Å²) in [5, 5.41) is 3.30. The molecule has 3 nitrogen and oxygen atoms in total. The van der Waals surface area contributed by atoms with Crippen molar-refractivity contribution in [2.24, 2.45) is 0 Å². The summed E-state index contributed by atoms with van der Waals surface area (Å²) < 4.78 is 24.0. The zero-order valence-corrected chi connectivity index (χ0v) is 11.3. The lowest BCUT2D eigenvalue weighted by molar-refractivity contribution is 0.192. The first-order valence-electron chi connectivity index (χ1n) is 6.25. The van der Waals surface area contributed by atoms with Crippen LogP contribution in [0.25, 0.3) is 0 Å². The Morgan fingerprint density at radius 2 is 2.06 bits per heavy atom. The molecule has 0 amide bonds. The van der Waals surface area contributed by atoms with Gasteiger partial charge in [-0.3, -0.25) is 0 Å². The fourth-order valence-electron chi connectivity index (χ4n) is 1.91. The highest BCUT2D eigenvalue weighted by atomic mass is 19.1. The number of benzene rings is 1.